The van der Waals surface area contributed by atoms with Crippen LogP contribution in [0.3, 0.4) is 0 Å². The van der Waals surface area contributed by atoms with Crippen LogP contribution in [0.1, 0.15) is 17.0 Å². The Balaban J connectivity index is 1.97. The Labute approximate surface area is 109 Å². The maximum absolute atomic E-state index is 13.5. The van der Waals surface area contributed by atoms with E-state index in [2.05, 4.69) is 9.97 Å². The van der Waals surface area contributed by atoms with Crippen molar-refractivity contribution in [2.45, 2.75) is 13.3 Å². The third kappa shape index (κ3) is 2.21. The van der Waals surface area contributed by atoms with Crippen LogP contribution in [0.15, 0.2) is 36.4 Å². The molecular weight excluding hydrogens is 246 g/mol. The Morgan fingerprint density at radius 2 is 1.79 bits per heavy atom. The molecule has 4 heteroatoms. The fourth-order valence-corrected chi connectivity index (χ4v) is 2.05. The molecule has 0 amide bonds. The molecule has 0 aliphatic heterocycles. The van der Waals surface area contributed by atoms with Crippen LogP contribution >= 0.6 is 0 Å². The van der Waals surface area contributed by atoms with Crippen LogP contribution in [0.4, 0.5) is 8.78 Å². The van der Waals surface area contributed by atoms with Crippen molar-refractivity contribution in [2.75, 3.05) is 0 Å². The molecule has 0 radical (unpaired) electrons. The number of rotatable bonds is 2. The van der Waals surface area contributed by atoms with Crippen LogP contribution < -0.4 is 0 Å². The molecule has 1 aromatic heterocycles. The van der Waals surface area contributed by atoms with Gasteiger partial charge in [-0.25, -0.2) is 13.8 Å². The van der Waals surface area contributed by atoms with Crippen molar-refractivity contribution in [3.8, 4) is 0 Å². The van der Waals surface area contributed by atoms with Crippen LogP contribution in [-0.2, 0) is 6.42 Å². The molecule has 2 aromatic carbocycles. The van der Waals surface area contributed by atoms with Crippen LogP contribution in [0.2, 0.25) is 0 Å². The number of imidazole rings is 1. The fraction of sp³-hybridized carbons (Fsp3) is 0.133. The van der Waals surface area contributed by atoms with Gasteiger partial charge in [-0.05, 0) is 24.6 Å². The number of aryl methyl sites for hydroxylation is 1. The first-order valence-corrected chi connectivity index (χ1v) is 6.01. The van der Waals surface area contributed by atoms with Crippen molar-refractivity contribution in [1.29, 1.82) is 0 Å². The molecule has 1 heterocycles. The standard InChI is InChI=1S/C15H12F2N2/c1-9-2-4-10(5-3-9)8-13-18-12-7-6-11(16)14(17)15(12)19-13/h2-7H,8H2,1H3,(H,18,19). The Kier molecular flexibility index (Phi) is 2.78. The highest BCUT2D eigenvalue weighted by atomic mass is 19.2. The molecule has 0 fully saturated rings. The summed E-state index contributed by atoms with van der Waals surface area (Å²) in [6, 6.07) is 10.6. The Morgan fingerprint density at radius 1 is 1.05 bits per heavy atom. The van der Waals surface area contributed by atoms with Crippen molar-refractivity contribution >= 4 is 11.0 Å². The van der Waals surface area contributed by atoms with E-state index < -0.39 is 11.6 Å². The summed E-state index contributed by atoms with van der Waals surface area (Å²) in [7, 11) is 0. The average molecular weight is 258 g/mol. The van der Waals surface area contributed by atoms with E-state index in [0.29, 0.717) is 17.8 Å². The lowest BCUT2D eigenvalue weighted by Gasteiger charge is -1.98. The lowest BCUT2D eigenvalue weighted by atomic mass is 10.1. The molecule has 0 bridgehead atoms. The summed E-state index contributed by atoms with van der Waals surface area (Å²) in [5, 5.41) is 0. The van der Waals surface area contributed by atoms with Crippen molar-refractivity contribution < 1.29 is 8.78 Å². The number of H-pyrrole nitrogens is 1. The largest absolute Gasteiger partial charge is 0.342 e. The molecule has 0 atom stereocenters. The van der Waals surface area contributed by atoms with Crippen LogP contribution in [-0.4, -0.2) is 9.97 Å². The molecule has 3 aromatic rings. The maximum Gasteiger partial charge on any atom is 0.186 e. The van der Waals surface area contributed by atoms with Gasteiger partial charge in [0, 0.05) is 6.42 Å². The van der Waals surface area contributed by atoms with E-state index in [9.17, 15) is 8.78 Å². The predicted molar refractivity (Wildman–Crippen MR) is 70.0 cm³/mol. The van der Waals surface area contributed by atoms with E-state index in [-0.39, 0.29) is 5.52 Å². The second-order valence-electron chi connectivity index (χ2n) is 4.60. The zero-order chi connectivity index (χ0) is 13.4. The second-order valence-corrected chi connectivity index (χ2v) is 4.60. The van der Waals surface area contributed by atoms with Gasteiger partial charge in [0.2, 0.25) is 0 Å². The van der Waals surface area contributed by atoms with E-state index >= 15 is 0 Å². The first-order chi connectivity index (χ1) is 9.13. The van der Waals surface area contributed by atoms with E-state index in [0.717, 1.165) is 11.6 Å². The molecule has 96 valence electrons. The Morgan fingerprint density at radius 3 is 2.53 bits per heavy atom. The molecular formula is C15H12F2N2. The summed E-state index contributed by atoms with van der Waals surface area (Å²) < 4.78 is 26.6. The summed E-state index contributed by atoms with van der Waals surface area (Å²) in [6.45, 7) is 2.02. The van der Waals surface area contributed by atoms with Gasteiger partial charge in [0.1, 0.15) is 11.3 Å². The van der Waals surface area contributed by atoms with Gasteiger partial charge >= 0.3 is 0 Å². The van der Waals surface area contributed by atoms with Gasteiger partial charge < -0.3 is 4.98 Å². The Hall–Kier alpha value is -2.23. The molecule has 0 saturated carbocycles. The van der Waals surface area contributed by atoms with Gasteiger partial charge in [0.25, 0.3) is 0 Å². The zero-order valence-corrected chi connectivity index (χ0v) is 10.4. The summed E-state index contributed by atoms with van der Waals surface area (Å²) in [4.78, 5) is 7.13. The summed E-state index contributed by atoms with van der Waals surface area (Å²) in [6.07, 6.45) is 0.565. The molecule has 19 heavy (non-hydrogen) atoms. The van der Waals surface area contributed by atoms with Gasteiger partial charge in [-0.15, -0.1) is 0 Å². The summed E-state index contributed by atoms with van der Waals surface area (Å²) in [5.41, 5.74) is 2.83. The first kappa shape index (κ1) is 11.8. The number of aromatic amines is 1. The van der Waals surface area contributed by atoms with Crippen LogP contribution in [0.25, 0.3) is 11.0 Å². The van der Waals surface area contributed by atoms with Gasteiger partial charge in [-0.2, -0.15) is 0 Å². The fourth-order valence-electron chi connectivity index (χ4n) is 2.05. The highest BCUT2D eigenvalue weighted by Crippen LogP contribution is 2.19. The SMILES string of the molecule is Cc1ccc(Cc2nc3c(F)c(F)ccc3[nH]2)cc1. The van der Waals surface area contributed by atoms with E-state index in [1.54, 1.807) is 0 Å². The highest BCUT2D eigenvalue weighted by Gasteiger charge is 2.11. The first-order valence-electron chi connectivity index (χ1n) is 6.01. The molecule has 0 spiro atoms. The monoisotopic (exact) mass is 258 g/mol. The van der Waals surface area contributed by atoms with Gasteiger partial charge in [-0.1, -0.05) is 29.8 Å². The topological polar surface area (TPSA) is 28.7 Å². The summed E-state index contributed by atoms with van der Waals surface area (Å²) >= 11 is 0. The third-order valence-electron chi connectivity index (χ3n) is 3.09. The van der Waals surface area contributed by atoms with E-state index in [4.69, 9.17) is 0 Å². The number of nitrogens with one attached hydrogen (secondary N) is 1. The molecule has 0 aliphatic rings. The number of hydrogen-bond acceptors (Lipinski definition) is 1. The van der Waals surface area contributed by atoms with Crippen molar-refractivity contribution in [2.24, 2.45) is 0 Å². The van der Waals surface area contributed by atoms with Crippen LogP contribution in [0.5, 0.6) is 0 Å². The second kappa shape index (κ2) is 4.46. The number of hydrogen-bond donors (Lipinski definition) is 1. The van der Waals surface area contributed by atoms with E-state index in [1.165, 1.54) is 11.6 Å². The lowest BCUT2D eigenvalue weighted by Crippen LogP contribution is -1.90. The molecule has 1 N–H and O–H groups in total. The van der Waals surface area contributed by atoms with E-state index in [1.807, 2.05) is 31.2 Å². The smallest absolute Gasteiger partial charge is 0.186 e. The summed E-state index contributed by atoms with van der Waals surface area (Å²) in [5.74, 6) is -1.15. The van der Waals surface area contributed by atoms with Gasteiger partial charge in [0.15, 0.2) is 11.6 Å². The zero-order valence-electron chi connectivity index (χ0n) is 10.4. The number of benzene rings is 2. The molecule has 2 nitrogen and oxygen atoms in total. The predicted octanol–water partition coefficient (Wildman–Crippen LogP) is 3.74. The number of fused-ring (bicyclic) bond motifs is 1. The van der Waals surface area contributed by atoms with Crippen molar-refractivity contribution in [3.63, 3.8) is 0 Å². The lowest BCUT2D eigenvalue weighted by molar-refractivity contribution is 0.515. The minimum absolute atomic E-state index is 0.0575. The molecule has 0 unspecified atom stereocenters. The average Bonchev–Trinajstić information content (AvgIpc) is 2.80. The van der Waals surface area contributed by atoms with Crippen molar-refractivity contribution in [3.05, 3.63) is 65.0 Å². The Bertz CT molecular complexity index is 730. The molecule has 3 rings (SSSR count). The number of aromatic nitrogens is 2. The van der Waals surface area contributed by atoms with Gasteiger partial charge in [-0.3, -0.25) is 0 Å². The minimum Gasteiger partial charge on any atom is -0.342 e. The molecule has 0 aliphatic carbocycles. The third-order valence-corrected chi connectivity index (χ3v) is 3.09. The quantitative estimate of drug-likeness (QED) is 0.745. The van der Waals surface area contributed by atoms with Crippen LogP contribution in [0, 0.1) is 18.6 Å². The van der Waals surface area contributed by atoms with Crippen molar-refractivity contribution in [1.82, 2.24) is 9.97 Å². The number of nitrogens with zero attached hydrogens (tertiary/aromatic N) is 1. The highest BCUT2D eigenvalue weighted by molar-refractivity contribution is 5.75. The minimum atomic E-state index is -0.899. The van der Waals surface area contributed by atoms with Gasteiger partial charge in [0.05, 0.1) is 5.52 Å². The number of halogens is 2. The normalized spacial score (nSPS) is 11.1. The maximum atomic E-state index is 13.5. The molecule has 0 saturated heterocycles.